The van der Waals surface area contributed by atoms with Gasteiger partial charge in [-0.3, -0.25) is 0 Å². The van der Waals surface area contributed by atoms with Gasteiger partial charge in [0, 0.05) is 17.7 Å². The molecule has 0 spiro atoms. The van der Waals surface area contributed by atoms with Crippen molar-refractivity contribution in [3.05, 3.63) is 88.9 Å². The summed E-state index contributed by atoms with van der Waals surface area (Å²) in [5.74, 6) is -0.327. The van der Waals surface area contributed by atoms with Crippen LogP contribution in [-0.4, -0.2) is 13.1 Å². The van der Waals surface area contributed by atoms with Crippen molar-refractivity contribution in [2.45, 2.75) is 6.54 Å². The molecule has 0 aliphatic rings. The average Bonchev–Trinajstić information content (AvgIpc) is 2.71. The van der Waals surface area contributed by atoms with Crippen LogP contribution in [0.5, 0.6) is 0 Å². The summed E-state index contributed by atoms with van der Waals surface area (Å²) in [5.41, 5.74) is 3.80. The molecule has 3 nitrogen and oxygen atoms in total. The molecule has 0 saturated carbocycles. The summed E-state index contributed by atoms with van der Waals surface area (Å²) in [4.78, 5) is 11.6. The zero-order valence-electron chi connectivity index (χ0n) is 14.3. The standard InChI is InChI=1S/C22H17ClNO2/c1-26-22(25)16-12-10-15(11-13-16)14-24-19-8-4-2-6-17(19)21(23)18-7-3-5-9-20(18)24/h2-13H,14H2,1H3/q+1. The van der Waals surface area contributed by atoms with Gasteiger partial charge in [-0.15, -0.1) is 0 Å². The highest BCUT2D eigenvalue weighted by molar-refractivity contribution is 6.39. The second kappa shape index (κ2) is 6.77. The zero-order valence-corrected chi connectivity index (χ0v) is 15.0. The van der Waals surface area contributed by atoms with Crippen molar-refractivity contribution in [3.63, 3.8) is 0 Å². The Bertz CT molecular complexity index is 1060. The van der Waals surface area contributed by atoms with E-state index in [1.165, 1.54) is 7.11 Å². The molecule has 0 aliphatic heterocycles. The van der Waals surface area contributed by atoms with Gasteiger partial charge < -0.3 is 4.74 Å². The van der Waals surface area contributed by atoms with Crippen LogP contribution in [0.2, 0.25) is 5.02 Å². The molecule has 128 valence electrons. The molecule has 1 heterocycles. The number of rotatable bonds is 3. The highest BCUT2D eigenvalue weighted by Gasteiger charge is 2.19. The van der Waals surface area contributed by atoms with E-state index in [2.05, 4.69) is 16.7 Å². The number of hydrogen-bond donors (Lipinski definition) is 0. The largest absolute Gasteiger partial charge is 0.465 e. The molecule has 0 N–H and O–H groups in total. The number of para-hydroxylation sites is 2. The summed E-state index contributed by atoms with van der Waals surface area (Å²) in [6.07, 6.45) is 0. The molecule has 0 bridgehead atoms. The fraction of sp³-hybridized carbons (Fsp3) is 0.0909. The lowest BCUT2D eigenvalue weighted by Crippen LogP contribution is -2.36. The van der Waals surface area contributed by atoms with Crippen molar-refractivity contribution in [1.82, 2.24) is 0 Å². The van der Waals surface area contributed by atoms with Crippen molar-refractivity contribution >= 4 is 39.4 Å². The minimum atomic E-state index is -0.327. The Morgan fingerprint density at radius 2 is 1.42 bits per heavy atom. The van der Waals surface area contributed by atoms with Crippen LogP contribution in [0.4, 0.5) is 0 Å². The number of hydrogen-bond acceptors (Lipinski definition) is 2. The molecular weight excluding hydrogens is 346 g/mol. The summed E-state index contributed by atoms with van der Waals surface area (Å²) in [6, 6.07) is 23.8. The number of carbonyl (C=O) groups excluding carboxylic acids is 1. The third-order valence-electron chi connectivity index (χ3n) is 4.58. The van der Waals surface area contributed by atoms with Gasteiger partial charge in [0.15, 0.2) is 6.54 Å². The molecule has 3 aromatic carbocycles. The fourth-order valence-electron chi connectivity index (χ4n) is 3.28. The molecular formula is C22H17ClNO2+. The van der Waals surface area contributed by atoms with Gasteiger partial charge in [-0.1, -0.05) is 48.0 Å². The Morgan fingerprint density at radius 3 is 1.96 bits per heavy atom. The lowest BCUT2D eigenvalue weighted by atomic mass is 10.1. The van der Waals surface area contributed by atoms with E-state index < -0.39 is 0 Å². The van der Waals surface area contributed by atoms with Crippen LogP contribution in [0.15, 0.2) is 72.8 Å². The first-order valence-corrected chi connectivity index (χ1v) is 8.73. The topological polar surface area (TPSA) is 30.2 Å². The molecule has 4 aromatic rings. The first-order chi connectivity index (χ1) is 12.7. The lowest BCUT2D eigenvalue weighted by molar-refractivity contribution is -0.635. The molecule has 4 heteroatoms. The SMILES string of the molecule is COC(=O)c1ccc(C[n+]2c3ccccc3c(Cl)c3ccccc32)cc1. The monoisotopic (exact) mass is 362 g/mol. The van der Waals surface area contributed by atoms with Crippen molar-refractivity contribution in [3.8, 4) is 0 Å². The molecule has 0 radical (unpaired) electrons. The normalized spacial score (nSPS) is 11.0. The van der Waals surface area contributed by atoms with E-state index in [1.807, 2.05) is 48.5 Å². The number of esters is 1. The maximum Gasteiger partial charge on any atom is 0.337 e. The molecule has 0 saturated heterocycles. The summed E-state index contributed by atoms with van der Waals surface area (Å²) in [5, 5.41) is 2.83. The molecule has 0 unspecified atom stereocenters. The number of fused-ring (bicyclic) bond motifs is 2. The van der Waals surface area contributed by atoms with Crippen LogP contribution in [0.1, 0.15) is 15.9 Å². The van der Waals surface area contributed by atoms with Gasteiger partial charge in [0.1, 0.15) is 0 Å². The number of halogens is 1. The van der Waals surface area contributed by atoms with Crippen LogP contribution in [0.3, 0.4) is 0 Å². The van der Waals surface area contributed by atoms with E-state index in [-0.39, 0.29) is 5.97 Å². The van der Waals surface area contributed by atoms with Crippen LogP contribution in [0, 0.1) is 0 Å². The Morgan fingerprint density at radius 1 is 0.885 bits per heavy atom. The zero-order chi connectivity index (χ0) is 18.1. The first kappa shape index (κ1) is 16.6. The number of pyridine rings is 1. The highest BCUT2D eigenvalue weighted by atomic mass is 35.5. The summed E-state index contributed by atoms with van der Waals surface area (Å²) < 4.78 is 7.02. The van der Waals surface area contributed by atoms with E-state index >= 15 is 0 Å². The Kier molecular flexibility index (Phi) is 4.31. The summed E-state index contributed by atoms with van der Waals surface area (Å²) in [6.45, 7) is 0.680. The van der Waals surface area contributed by atoms with Gasteiger partial charge in [-0.25, -0.2) is 4.79 Å². The van der Waals surface area contributed by atoms with Crippen molar-refractivity contribution in [2.75, 3.05) is 7.11 Å². The van der Waals surface area contributed by atoms with Gasteiger partial charge >= 0.3 is 5.97 Å². The lowest BCUT2D eigenvalue weighted by Gasteiger charge is -2.08. The predicted molar refractivity (Wildman–Crippen MR) is 104 cm³/mol. The highest BCUT2D eigenvalue weighted by Crippen LogP contribution is 2.29. The molecule has 0 amide bonds. The van der Waals surface area contributed by atoms with E-state index in [0.717, 1.165) is 32.4 Å². The third kappa shape index (κ3) is 2.80. The van der Waals surface area contributed by atoms with Gasteiger partial charge in [0.2, 0.25) is 11.0 Å². The van der Waals surface area contributed by atoms with Crippen LogP contribution in [0.25, 0.3) is 21.8 Å². The number of methoxy groups -OCH3 is 1. The Balaban J connectivity index is 1.87. The molecule has 4 rings (SSSR count). The van der Waals surface area contributed by atoms with Crippen molar-refractivity contribution in [2.24, 2.45) is 0 Å². The quantitative estimate of drug-likeness (QED) is 0.298. The average molecular weight is 363 g/mol. The van der Waals surface area contributed by atoms with Crippen LogP contribution >= 0.6 is 11.6 Å². The molecule has 0 aliphatic carbocycles. The molecule has 0 atom stereocenters. The van der Waals surface area contributed by atoms with Gasteiger partial charge in [-0.05, 0) is 24.3 Å². The number of carbonyl (C=O) groups is 1. The molecule has 1 aromatic heterocycles. The number of benzene rings is 3. The summed E-state index contributed by atoms with van der Waals surface area (Å²) in [7, 11) is 1.39. The van der Waals surface area contributed by atoms with Crippen molar-refractivity contribution in [1.29, 1.82) is 0 Å². The van der Waals surface area contributed by atoms with E-state index in [1.54, 1.807) is 12.1 Å². The van der Waals surface area contributed by atoms with Crippen LogP contribution in [-0.2, 0) is 11.3 Å². The first-order valence-electron chi connectivity index (χ1n) is 8.35. The van der Waals surface area contributed by atoms with Gasteiger partial charge in [-0.2, -0.15) is 4.57 Å². The Labute approximate surface area is 156 Å². The molecule has 0 fully saturated rings. The number of aromatic nitrogens is 1. The number of ether oxygens (including phenoxy) is 1. The molecule has 26 heavy (non-hydrogen) atoms. The van der Waals surface area contributed by atoms with Crippen LogP contribution < -0.4 is 4.57 Å². The van der Waals surface area contributed by atoms with Crippen molar-refractivity contribution < 1.29 is 14.1 Å². The minimum Gasteiger partial charge on any atom is -0.465 e. The Hall–Kier alpha value is -2.91. The maximum absolute atomic E-state index is 11.6. The van der Waals surface area contributed by atoms with E-state index in [0.29, 0.717) is 12.1 Å². The summed E-state index contributed by atoms with van der Waals surface area (Å²) >= 11 is 6.66. The maximum atomic E-state index is 11.6. The third-order valence-corrected chi connectivity index (χ3v) is 4.99. The van der Waals surface area contributed by atoms with E-state index in [4.69, 9.17) is 16.3 Å². The van der Waals surface area contributed by atoms with Gasteiger partial charge in [0.25, 0.3) is 0 Å². The van der Waals surface area contributed by atoms with Gasteiger partial charge in [0.05, 0.1) is 28.5 Å². The smallest absolute Gasteiger partial charge is 0.337 e. The minimum absolute atomic E-state index is 0.327. The number of nitrogens with zero attached hydrogens (tertiary/aromatic N) is 1. The fourth-order valence-corrected chi connectivity index (χ4v) is 3.60. The second-order valence-electron chi connectivity index (χ2n) is 6.12. The predicted octanol–water partition coefficient (Wildman–Crippen LogP) is 4.77. The second-order valence-corrected chi connectivity index (χ2v) is 6.50. The van der Waals surface area contributed by atoms with E-state index in [9.17, 15) is 4.79 Å².